The lowest BCUT2D eigenvalue weighted by atomic mass is 9.80. The predicted molar refractivity (Wildman–Crippen MR) is 104 cm³/mol. The van der Waals surface area contributed by atoms with Gasteiger partial charge in [0.1, 0.15) is 0 Å². The van der Waals surface area contributed by atoms with E-state index in [-0.39, 0.29) is 0 Å². The quantitative estimate of drug-likeness (QED) is 0.572. The fraction of sp³-hybridized carbons (Fsp3) is 0.944. The summed E-state index contributed by atoms with van der Waals surface area (Å²) in [6.07, 6.45) is 6.83. The molecule has 0 aromatic heterocycles. The molecule has 7 heteroatoms. The lowest BCUT2D eigenvalue weighted by Gasteiger charge is -2.33. The van der Waals surface area contributed by atoms with Crippen molar-refractivity contribution in [3.05, 3.63) is 0 Å². The molecule has 146 valence electrons. The summed E-state index contributed by atoms with van der Waals surface area (Å²) in [5, 5.41) is 6.99. The van der Waals surface area contributed by atoms with E-state index in [0.29, 0.717) is 25.0 Å². The Morgan fingerprint density at radius 1 is 1.12 bits per heavy atom. The molecule has 2 aliphatic rings. The molecule has 0 aromatic carbocycles. The average molecular weight is 373 g/mol. The van der Waals surface area contributed by atoms with Gasteiger partial charge in [0.15, 0.2) is 5.96 Å². The number of guanidine groups is 1. The molecule has 25 heavy (non-hydrogen) atoms. The van der Waals surface area contributed by atoms with E-state index < -0.39 is 10.0 Å². The zero-order valence-electron chi connectivity index (χ0n) is 16.3. The van der Waals surface area contributed by atoms with Gasteiger partial charge in [-0.3, -0.25) is 4.99 Å². The molecule has 0 radical (unpaired) electrons. The Hall–Kier alpha value is -0.820. The Kier molecular flexibility index (Phi) is 7.55. The first kappa shape index (κ1) is 20.5. The van der Waals surface area contributed by atoms with Crippen LogP contribution in [0.2, 0.25) is 0 Å². The number of nitrogens with one attached hydrogen (secondary N) is 2. The van der Waals surface area contributed by atoms with E-state index in [1.807, 2.05) is 0 Å². The molecule has 2 unspecified atom stereocenters. The Bertz CT molecular complexity index is 531. The number of hydrogen-bond donors (Lipinski definition) is 2. The molecule has 2 N–H and O–H groups in total. The van der Waals surface area contributed by atoms with Crippen molar-refractivity contribution in [2.24, 2.45) is 22.7 Å². The third-order valence-electron chi connectivity index (χ3n) is 5.41. The van der Waals surface area contributed by atoms with E-state index in [4.69, 9.17) is 4.99 Å². The van der Waals surface area contributed by atoms with E-state index in [1.54, 1.807) is 4.31 Å². The van der Waals surface area contributed by atoms with Crippen LogP contribution in [0.1, 0.15) is 52.9 Å². The molecule has 1 aliphatic carbocycles. The highest BCUT2D eigenvalue weighted by atomic mass is 32.2. The average Bonchev–Trinajstić information content (AvgIpc) is 2.51. The lowest BCUT2D eigenvalue weighted by molar-refractivity contribution is 0.254. The van der Waals surface area contributed by atoms with Crippen molar-refractivity contribution < 1.29 is 8.42 Å². The van der Waals surface area contributed by atoms with E-state index in [2.05, 4.69) is 31.4 Å². The molecule has 1 saturated heterocycles. The molecule has 1 aliphatic heterocycles. The van der Waals surface area contributed by atoms with Gasteiger partial charge in [0.25, 0.3) is 0 Å². The smallest absolute Gasteiger partial charge is 0.211 e. The summed E-state index contributed by atoms with van der Waals surface area (Å²) >= 11 is 0. The van der Waals surface area contributed by atoms with E-state index in [0.717, 1.165) is 43.7 Å². The molecule has 2 atom stereocenters. The molecule has 6 nitrogen and oxygen atoms in total. The van der Waals surface area contributed by atoms with Crippen LogP contribution >= 0.6 is 0 Å². The Balaban J connectivity index is 1.85. The van der Waals surface area contributed by atoms with Crippen LogP contribution < -0.4 is 10.6 Å². The minimum absolute atomic E-state index is 0.470. The van der Waals surface area contributed by atoms with Gasteiger partial charge in [-0.2, -0.15) is 0 Å². The lowest BCUT2D eigenvalue weighted by Crippen LogP contribution is -2.46. The van der Waals surface area contributed by atoms with Gasteiger partial charge in [0.05, 0.1) is 6.26 Å². The van der Waals surface area contributed by atoms with Crippen molar-refractivity contribution in [3.8, 4) is 0 Å². The molecular weight excluding hydrogens is 336 g/mol. The minimum atomic E-state index is -3.05. The first-order chi connectivity index (χ1) is 11.8. The summed E-state index contributed by atoms with van der Waals surface area (Å²) in [6.45, 7) is 9.64. The first-order valence-corrected chi connectivity index (χ1v) is 11.6. The molecular formula is C18H36N4O2S. The van der Waals surface area contributed by atoms with Crippen LogP contribution in [0.15, 0.2) is 4.99 Å². The molecule has 1 heterocycles. The van der Waals surface area contributed by atoms with Crippen LogP contribution in [0.5, 0.6) is 0 Å². The monoisotopic (exact) mass is 372 g/mol. The molecule has 2 rings (SSSR count). The summed E-state index contributed by atoms with van der Waals surface area (Å²) in [6, 6.07) is 0.503. The molecule has 2 fully saturated rings. The van der Waals surface area contributed by atoms with Gasteiger partial charge in [-0.15, -0.1) is 0 Å². The van der Waals surface area contributed by atoms with Crippen LogP contribution in [0.25, 0.3) is 0 Å². The zero-order valence-corrected chi connectivity index (χ0v) is 17.1. The van der Waals surface area contributed by atoms with Crippen molar-refractivity contribution in [3.63, 3.8) is 0 Å². The zero-order chi connectivity index (χ0) is 18.4. The second-order valence-corrected chi connectivity index (χ2v) is 10.1. The molecule has 1 saturated carbocycles. The number of hydrogen-bond acceptors (Lipinski definition) is 3. The predicted octanol–water partition coefficient (Wildman–Crippen LogP) is 2.04. The van der Waals surface area contributed by atoms with Gasteiger partial charge in [-0.1, -0.05) is 13.8 Å². The molecule has 0 spiro atoms. The number of rotatable bonds is 5. The maximum atomic E-state index is 11.6. The van der Waals surface area contributed by atoms with Gasteiger partial charge in [0, 0.05) is 32.2 Å². The Labute approximate surface area is 153 Å². The van der Waals surface area contributed by atoms with Crippen molar-refractivity contribution in [2.45, 2.75) is 58.9 Å². The first-order valence-electron chi connectivity index (χ1n) is 9.77. The maximum Gasteiger partial charge on any atom is 0.211 e. The van der Waals surface area contributed by atoms with E-state index in [1.165, 1.54) is 25.5 Å². The summed E-state index contributed by atoms with van der Waals surface area (Å²) in [4.78, 5) is 4.79. The fourth-order valence-electron chi connectivity index (χ4n) is 4.22. The second-order valence-electron chi connectivity index (χ2n) is 8.08. The van der Waals surface area contributed by atoms with Crippen LogP contribution in [0.4, 0.5) is 0 Å². The highest BCUT2D eigenvalue weighted by Crippen LogP contribution is 2.28. The minimum Gasteiger partial charge on any atom is -0.357 e. The van der Waals surface area contributed by atoms with Crippen LogP contribution in [0.3, 0.4) is 0 Å². The van der Waals surface area contributed by atoms with E-state index in [9.17, 15) is 8.42 Å². The Morgan fingerprint density at radius 2 is 1.72 bits per heavy atom. The van der Waals surface area contributed by atoms with Gasteiger partial charge in [-0.05, 0) is 56.8 Å². The van der Waals surface area contributed by atoms with Gasteiger partial charge in [0.2, 0.25) is 10.0 Å². The molecule has 0 amide bonds. The summed E-state index contributed by atoms with van der Waals surface area (Å²) < 4.78 is 24.8. The summed E-state index contributed by atoms with van der Waals surface area (Å²) in [5.74, 6) is 2.92. The number of aliphatic imine (C=N–C) groups is 1. The van der Waals surface area contributed by atoms with Gasteiger partial charge < -0.3 is 10.6 Å². The maximum absolute atomic E-state index is 11.6. The van der Waals surface area contributed by atoms with Gasteiger partial charge >= 0.3 is 0 Å². The van der Waals surface area contributed by atoms with Gasteiger partial charge in [-0.25, -0.2) is 12.7 Å². The van der Waals surface area contributed by atoms with Crippen molar-refractivity contribution in [2.75, 3.05) is 32.4 Å². The van der Waals surface area contributed by atoms with Crippen LogP contribution in [-0.4, -0.2) is 57.2 Å². The fourth-order valence-corrected chi connectivity index (χ4v) is 5.10. The van der Waals surface area contributed by atoms with Crippen molar-refractivity contribution in [1.82, 2.24) is 14.9 Å². The number of nitrogens with zero attached hydrogens (tertiary/aromatic N) is 2. The van der Waals surface area contributed by atoms with Crippen LogP contribution in [0, 0.1) is 17.8 Å². The Morgan fingerprint density at radius 3 is 2.24 bits per heavy atom. The number of sulfonamides is 1. The summed E-state index contributed by atoms with van der Waals surface area (Å²) in [5.41, 5.74) is 0. The third-order valence-corrected chi connectivity index (χ3v) is 6.72. The largest absolute Gasteiger partial charge is 0.357 e. The topological polar surface area (TPSA) is 73.8 Å². The third kappa shape index (κ3) is 6.77. The SMILES string of the molecule is CCNC(=NCC1CCN(S(C)(=O)=O)CC1)NC1CC(C)CC(C)C1. The van der Waals surface area contributed by atoms with Crippen molar-refractivity contribution >= 4 is 16.0 Å². The summed E-state index contributed by atoms with van der Waals surface area (Å²) in [7, 11) is -3.05. The highest BCUT2D eigenvalue weighted by molar-refractivity contribution is 7.88. The molecule has 0 bridgehead atoms. The highest BCUT2D eigenvalue weighted by Gasteiger charge is 2.26. The van der Waals surface area contributed by atoms with Crippen LogP contribution in [-0.2, 0) is 10.0 Å². The second kappa shape index (κ2) is 9.21. The number of piperidine rings is 1. The molecule has 0 aromatic rings. The standard InChI is InChI=1S/C18H36N4O2S/c1-5-19-18(21-17-11-14(2)10-15(3)12-17)20-13-16-6-8-22(9-7-16)25(4,23)24/h14-17H,5-13H2,1-4H3,(H2,19,20,21). The normalized spacial score (nSPS) is 30.2. The van der Waals surface area contributed by atoms with Crippen molar-refractivity contribution in [1.29, 1.82) is 0 Å². The van der Waals surface area contributed by atoms with E-state index >= 15 is 0 Å².